The molecule has 0 N–H and O–H groups in total. The van der Waals surface area contributed by atoms with Gasteiger partial charge in [-0.25, -0.2) is 0 Å². The number of benzene rings is 4. The molecule has 0 spiro atoms. The lowest BCUT2D eigenvalue weighted by molar-refractivity contribution is 1.01. The summed E-state index contributed by atoms with van der Waals surface area (Å²) in [6.07, 6.45) is 1.10. The van der Waals surface area contributed by atoms with Crippen LogP contribution >= 0.6 is 0 Å². The van der Waals surface area contributed by atoms with E-state index in [1.54, 1.807) is 0 Å². The number of fused-ring (bicyclic) bond motifs is 6. The zero-order valence-electron chi connectivity index (χ0n) is 29.4. The Morgan fingerprint density at radius 2 is 0.634 bits per heavy atom. The van der Waals surface area contributed by atoms with Crippen molar-refractivity contribution in [3.8, 4) is 11.1 Å². The average molecular weight is 558 g/mol. The Balaban J connectivity index is -0.000000497. The molecule has 6 rings (SSSR count). The molecular formula is C40H63N. The third-order valence-electron chi connectivity index (χ3n) is 5.53. The number of hydrogen-bond acceptors (Lipinski definition) is 0. The summed E-state index contributed by atoms with van der Waals surface area (Å²) < 4.78 is 2.24. The van der Waals surface area contributed by atoms with Crippen molar-refractivity contribution in [1.29, 1.82) is 0 Å². The topological polar surface area (TPSA) is 4.93 Å². The summed E-state index contributed by atoms with van der Waals surface area (Å²) in [5.41, 5.74) is 8.35. The largest absolute Gasteiger partial charge is 0.344 e. The van der Waals surface area contributed by atoms with Crippen LogP contribution in [0.5, 0.6) is 0 Å². The molecule has 0 bridgehead atoms. The third-order valence-corrected chi connectivity index (χ3v) is 5.53. The molecule has 0 atom stereocenters. The number of aromatic nitrogens is 1. The molecule has 0 saturated carbocycles. The predicted molar refractivity (Wildman–Crippen MR) is 195 cm³/mol. The van der Waals surface area contributed by atoms with Gasteiger partial charge >= 0.3 is 0 Å². The van der Waals surface area contributed by atoms with E-state index in [0.29, 0.717) is 0 Å². The highest BCUT2D eigenvalue weighted by atomic mass is 14.9. The summed E-state index contributed by atoms with van der Waals surface area (Å²) in [7, 11) is 2.12. The molecule has 1 aromatic heterocycles. The third kappa shape index (κ3) is 12.0. The fourth-order valence-electron chi connectivity index (χ4n) is 4.20. The van der Waals surface area contributed by atoms with Crippen LogP contribution in [0.3, 0.4) is 0 Å². The zero-order chi connectivity index (χ0) is 32.2. The Kier molecular flexibility index (Phi) is 29.0. The standard InChI is InChI=1S/C13H11N.C13H10.7C2H6/c1-14-12-8-4-2-6-10(12)11-7-3-5-9-13(11)14;1-3-7-12-10(5-1)9-11-6-2-4-8-13(11)12;7*1-2/h2-9H,1H3;1-8H,9H2;7*1-2H3. The second kappa shape index (κ2) is 28.2. The van der Waals surface area contributed by atoms with Crippen molar-refractivity contribution in [1.82, 2.24) is 4.57 Å². The zero-order valence-corrected chi connectivity index (χ0v) is 29.4. The Bertz CT molecular complexity index is 1160. The van der Waals surface area contributed by atoms with Crippen LogP contribution in [0.1, 0.15) is 108 Å². The van der Waals surface area contributed by atoms with Gasteiger partial charge in [0.05, 0.1) is 0 Å². The molecule has 1 nitrogen and oxygen atoms in total. The van der Waals surface area contributed by atoms with Crippen LogP contribution in [-0.2, 0) is 13.5 Å². The monoisotopic (exact) mass is 557 g/mol. The summed E-state index contributed by atoms with van der Waals surface area (Å²) in [6.45, 7) is 28.0. The highest BCUT2D eigenvalue weighted by Gasteiger charge is 2.15. The van der Waals surface area contributed by atoms with Gasteiger partial charge in [-0.05, 0) is 40.8 Å². The van der Waals surface area contributed by atoms with E-state index in [4.69, 9.17) is 0 Å². The molecule has 0 saturated heterocycles. The maximum atomic E-state index is 2.24. The van der Waals surface area contributed by atoms with Gasteiger partial charge in [0.2, 0.25) is 0 Å². The predicted octanol–water partition coefficient (Wildman–Crippen LogP) is 13.8. The highest BCUT2D eigenvalue weighted by Crippen LogP contribution is 2.35. The minimum absolute atomic E-state index is 1.10. The molecule has 0 unspecified atom stereocenters. The van der Waals surface area contributed by atoms with Gasteiger partial charge in [0.25, 0.3) is 0 Å². The maximum absolute atomic E-state index is 2.24. The van der Waals surface area contributed by atoms with E-state index in [1.165, 1.54) is 44.1 Å². The van der Waals surface area contributed by atoms with Crippen molar-refractivity contribution in [2.45, 2.75) is 103 Å². The smallest absolute Gasteiger partial charge is 0.0488 e. The van der Waals surface area contributed by atoms with Gasteiger partial charge in [-0.3, -0.25) is 0 Å². The van der Waals surface area contributed by atoms with Gasteiger partial charge in [-0.1, -0.05) is 182 Å². The molecule has 1 aliphatic carbocycles. The first-order valence-corrected chi connectivity index (χ1v) is 16.4. The lowest BCUT2D eigenvalue weighted by Crippen LogP contribution is -1.84. The normalized spacial score (nSPS) is 8.76. The van der Waals surface area contributed by atoms with E-state index in [1.807, 2.05) is 96.9 Å². The first-order chi connectivity index (χ1) is 20.3. The number of rotatable bonds is 0. The number of aryl methyl sites for hydroxylation is 1. The fourth-order valence-corrected chi connectivity index (χ4v) is 4.20. The second-order valence-electron chi connectivity index (χ2n) is 7.08. The molecule has 0 radical (unpaired) electrons. The molecule has 4 aromatic carbocycles. The highest BCUT2D eigenvalue weighted by molar-refractivity contribution is 6.07. The Morgan fingerprint density at radius 3 is 0.976 bits per heavy atom. The van der Waals surface area contributed by atoms with Crippen LogP contribution in [0.15, 0.2) is 97.1 Å². The van der Waals surface area contributed by atoms with Crippen LogP contribution in [0.25, 0.3) is 32.9 Å². The van der Waals surface area contributed by atoms with Crippen LogP contribution in [0, 0.1) is 0 Å². The van der Waals surface area contributed by atoms with Gasteiger partial charge in [-0.2, -0.15) is 0 Å². The van der Waals surface area contributed by atoms with Gasteiger partial charge in [-0.15, -0.1) is 0 Å². The summed E-state index contributed by atoms with van der Waals surface area (Å²) >= 11 is 0. The SMILES string of the molecule is CC.CC.CC.CC.CC.CC.CC.Cn1c2ccccc2c2ccccc21.c1ccc2c(c1)Cc1ccccc1-2. The molecule has 5 aromatic rings. The van der Waals surface area contributed by atoms with Crippen molar-refractivity contribution in [2.24, 2.45) is 7.05 Å². The minimum atomic E-state index is 1.10. The van der Waals surface area contributed by atoms with Crippen LogP contribution in [-0.4, -0.2) is 4.57 Å². The minimum Gasteiger partial charge on any atom is -0.344 e. The summed E-state index contributed by atoms with van der Waals surface area (Å²) in [6, 6.07) is 34.3. The van der Waals surface area contributed by atoms with E-state index in [0.717, 1.165) is 6.42 Å². The van der Waals surface area contributed by atoms with E-state index in [-0.39, 0.29) is 0 Å². The first kappa shape index (κ1) is 42.2. The van der Waals surface area contributed by atoms with Gasteiger partial charge in [0, 0.05) is 28.9 Å². The van der Waals surface area contributed by atoms with Crippen LogP contribution < -0.4 is 0 Å². The molecule has 0 aliphatic heterocycles. The Labute approximate surface area is 255 Å². The molecule has 41 heavy (non-hydrogen) atoms. The van der Waals surface area contributed by atoms with E-state index < -0.39 is 0 Å². The number of para-hydroxylation sites is 2. The van der Waals surface area contributed by atoms with Crippen molar-refractivity contribution in [3.63, 3.8) is 0 Å². The van der Waals surface area contributed by atoms with Crippen molar-refractivity contribution >= 4 is 21.8 Å². The molecule has 0 fully saturated rings. The molecule has 1 aliphatic rings. The second-order valence-corrected chi connectivity index (χ2v) is 7.08. The molecule has 0 amide bonds. The van der Waals surface area contributed by atoms with Crippen LogP contribution in [0.2, 0.25) is 0 Å². The van der Waals surface area contributed by atoms with Crippen LogP contribution in [0.4, 0.5) is 0 Å². The van der Waals surface area contributed by atoms with Gasteiger partial charge < -0.3 is 4.57 Å². The lowest BCUT2D eigenvalue weighted by Gasteiger charge is -1.98. The molecule has 1 heterocycles. The Hall–Kier alpha value is -3.32. The molecule has 228 valence electrons. The lowest BCUT2D eigenvalue weighted by atomic mass is 10.1. The average Bonchev–Trinajstić information content (AvgIpc) is 3.63. The summed E-state index contributed by atoms with van der Waals surface area (Å²) in [4.78, 5) is 0. The first-order valence-electron chi connectivity index (χ1n) is 16.4. The van der Waals surface area contributed by atoms with Crippen molar-refractivity contribution in [3.05, 3.63) is 108 Å². The van der Waals surface area contributed by atoms with Crippen molar-refractivity contribution in [2.75, 3.05) is 0 Å². The summed E-state index contributed by atoms with van der Waals surface area (Å²) in [5.74, 6) is 0. The summed E-state index contributed by atoms with van der Waals surface area (Å²) in [5, 5.41) is 2.68. The number of hydrogen-bond donors (Lipinski definition) is 0. The fraction of sp³-hybridized carbons (Fsp3) is 0.400. The van der Waals surface area contributed by atoms with E-state index >= 15 is 0 Å². The quantitative estimate of drug-likeness (QED) is 0.175. The van der Waals surface area contributed by atoms with E-state index in [2.05, 4.69) is 109 Å². The molecular weight excluding hydrogens is 494 g/mol. The molecule has 1 heteroatoms. The van der Waals surface area contributed by atoms with Crippen molar-refractivity contribution < 1.29 is 0 Å². The van der Waals surface area contributed by atoms with E-state index in [9.17, 15) is 0 Å². The maximum Gasteiger partial charge on any atom is 0.0488 e. The Morgan fingerprint density at radius 1 is 0.366 bits per heavy atom. The number of nitrogens with zero attached hydrogens (tertiary/aromatic N) is 1. The van der Waals surface area contributed by atoms with Gasteiger partial charge in [0.1, 0.15) is 0 Å². The van der Waals surface area contributed by atoms with Gasteiger partial charge in [0.15, 0.2) is 0 Å².